The standard InChI is InChI=1S/C19H22F2N4O2/c1-11-6-4-5-7-13(11)16(24-19(22)27)10-17(26)23-12-8-14(20)18(25(2)3)15(21)9-12/h4-9,16H,10H2,1-3H3,(H,23,26)(H3,22,24,27). The second-order valence-corrected chi connectivity index (χ2v) is 6.35. The fourth-order valence-electron chi connectivity index (χ4n) is 2.85. The maximum absolute atomic E-state index is 14.1. The normalized spacial score (nSPS) is 11.6. The molecule has 0 radical (unpaired) electrons. The molecule has 6 nitrogen and oxygen atoms in total. The molecular weight excluding hydrogens is 354 g/mol. The quantitative estimate of drug-likeness (QED) is 0.724. The van der Waals surface area contributed by atoms with E-state index in [9.17, 15) is 18.4 Å². The zero-order valence-electron chi connectivity index (χ0n) is 15.3. The van der Waals surface area contributed by atoms with Crippen LogP contribution in [0.5, 0.6) is 0 Å². The zero-order chi connectivity index (χ0) is 20.1. The Morgan fingerprint density at radius 3 is 2.26 bits per heavy atom. The predicted octanol–water partition coefficient (Wildman–Crippen LogP) is 3.08. The molecule has 0 bridgehead atoms. The summed E-state index contributed by atoms with van der Waals surface area (Å²) in [4.78, 5) is 25.0. The number of amides is 3. The smallest absolute Gasteiger partial charge is 0.312 e. The van der Waals surface area contributed by atoms with Crippen molar-refractivity contribution in [3.63, 3.8) is 0 Å². The molecule has 0 heterocycles. The summed E-state index contributed by atoms with van der Waals surface area (Å²) in [5.74, 6) is -2.10. The third-order valence-corrected chi connectivity index (χ3v) is 4.02. The van der Waals surface area contributed by atoms with E-state index in [0.717, 1.165) is 23.3 Å². The Hall–Kier alpha value is -3.16. The first-order chi connectivity index (χ1) is 12.7. The van der Waals surface area contributed by atoms with Crippen LogP contribution in [0.25, 0.3) is 0 Å². The molecule has 0 aliphatic rings. The largest absolute Gasteiger partial charge is 0.373 e. The molecule has 0 spiro atoms. The van der Waals surface area contributed by atoms with E-state index < -0.39 is 29.6 Å². The van der Waals surface area contributed by atoms with Gasteiger partial charge in [-0.15, -0.1) is 0 Å². The van der Waals surface area contributed by atoms with E-state index in [-0.39, 0.29) is 17.8 Å². The Morgan fingerprint density at radius 1 is 1.15 bits per heavy atom. The minimum Gasteiger partial charge on any atom is -0.373 e. The fraction of sp³-hybridized carbons (Fsp3) is 0.263. The van der Waals surface area contributed by atoms with Crippen molar-refractivity contribution in [2.24, 2.45) is 5.73 Å². The first-order valence-electron chi connectivity index (χ1n) is 8.26. The van der Waals surface area contributed by atoms with Crippen molar-refractivity contribution in [1.82, 2.24) is 5.32 Å². The molecule has 0 saturated heterocycles. The van der Waals surface area contributed by atoms with Gasteiger partial charge < -0.3 is 21.3 Å². The van der Waals surface area contributed by atoms with Crippen LogP contribution in [0.1, 0.15) is 23.6 Å². The highest BCUT2D eigenvalue weighted by atomic mass is 19.1. The van der Waals surface area contributed by atoms with E-state index in [1.165, 1.54) is 19.0 Å². The molecule has 1 atom stereocenters. The van der Waals surface area contributed by atoms with Crippen LogP contribution in [-0.2, 0) is 4.79 Å². The van der Waals surface area contributed by atoms with Crippen molar-refractivity contribution < 1.29 is 18.4 Å². The van der Waals surface area contributed by atoms with Crippen LogP contribution in [0, 0.1) is 18.6 Å². The van der Waals surface area contributed by atoms with Gasteiger partial charge in [0.1, 0.15) is 5.69 Å². The van der Waals surface area contributed by atoms with Crippen molar-refractivity contribution in [1.29, 1.82) is 0 Å². The van der Waals surface area contributed by atoms with E-state index >= 15 is 0 Å². The van der Waals surface area contributed by atoms with Crippen LogP contribution in [0.3, 0.4) is 0 Å². The molecule has 2 rings (SSSR count). The summed E-state index contributed by atoms with van der Waals surface area (Å²) >= 11 is 0. The molecule has 3 amide bonds. The second-order valence-electron chi connectivity index (χ2n) is 6.35. The topological polar surface area (TPSA) is 87.5 Å². The lowest BCUT2D eigenvalue weighted by Crippen LogP contribution is -2.35. The van der Waals surface area contributed by atoms with Crippen molar-refractivity contribution >= 4 is 23.3 Å². The lowest BCUT2D eigenvalue weighted by atomic mass is 9.98. The predicted molar refractivity (Wildman–Crippen MR) is 101 cm³/mol. The van der Waals surface area contributed by atoms with Gasteiger partial charge in [-0.3, -0.25) is 4.79 Å². The molecule has 2 aromatic carbocycles. The van der Waals surface area contributed by atoms with Crippen molar-refractivity contribution in [3.05, 3.63) is 59.2 Å². The number of hydrogen-bond acceptors (Lipinski definition) is 3. The maximum Gasteiger partial charge on any atom is 0.312 e. The second kappa shape index (κ2) is 8.48. The molecule has 8 heteroatoms. The van der Waals surface area contributed by atoms with Gasteiger partial charge in [0.15, 0.2) is 11.6 Å². The van der Waals surface area contributed by atoms with Gasteiger partial charge in [-0.05, 0) is 30.2 Å². The molecule has 0 aliphatic heterocycles. The number of carbonyl (C=O) groups excluding carboxylic acids is 2. The monoisotopic (exact) mass is 376 g/mol. The van der Waals surface area contributed by atoms with Crippen molar-refractivity contribution in [2.75, 3.05) is 24.3 Å². The van der Waals surface area contributed by atoms with E-state index in [0.29, 0.717) is 0 Å². The summed E-state index contributed by atoms with van der Waals surface area (Å²) in [6.07, 6.45) is -0.146. The number of urea groups is 1. The van der Waals surface area contributed by atoms with Crippen LogP contribution >= 0.6 is 0 Å². The Labute approximate surface area is 156 Å². The molecule has 27 heavy (non-hydrogen) atoms. The van der Waals surface area contributed by atoms with Crippen molar-refractivity contribution in [2.45, 2.75) is 19.4 Å². The van der Waals surface area contributed by atoms with Crippen LogP contribution in [0.2, 0.25) is 0 Å². The Morgan fingerprint density at radius 2 is 1.74 bits per heavy atom. The molecule has 0 fully saturated rings. The summed E-state index contributed by atoms with van der Waals surface area (Å²) in [6.45, 7) is 1.84. The zero-order valence-corrected chi connectivity index (χ0v) is 15.3. The minimum absolute atomic E-state index is 0.0109. The van der Waals surface area contributed by atoms with Gasteiger partial charge in [0, 0.05) is 19.8 Å². The first-order valence-corrected chi connectivity index (χ1v) is 8.26. The molecule has 1 unspecified atom stereocenters. The number of rotatable bonds is 6. The van der Waals surface area contributed by atoms with Crippen LogP contribution in [-0.4, -0.2) is 26.0 Å². The SMILES string of the molecule is Cc1ccccc1C(CC(=O)Nc1cc(F)c(N(C)C)c(F)c1)NC(N)=O. The number of carbonyl (C=O) groups is 2. The number of nitrogens with zero attached hydrogens (tertiary/aromatic N) is 1. The number of nitrogens with one attached hydrogen (secondary N) is 2. The van der Waals surface area contributed by atoms with Crippen LogP contribution in [0.15, 0.2) is 36.4 Å². The van der Waals surface area contributed by atoms with E-state index in [1.807, 2.05) is 19.1 Å². The third kappa shape index (κ3) is 5.16. The van der Waals surface area contributed by atoms with Crippen molar-refractivity contribution in [3.8, 4) is 0 Å². The Balaban J connectivity index is 2.19. The molecule has 0 saturated carbocycles. The highest BCUT2D eigenvalue weighted by molar-refractivity contribution is 5.92. The third-order valence-electron chi connectivity index (χ3n) is 4.02. The van der Waals surface area contributed by atoms with E-state index in [4.69, 9.17) is 5.73 Å². The maximum atomic E-state index is 14.1. The summed E-state index contributed by atoms with van der Waals surface area (Å²) in [5, 5.41) is 4.98. The summed E-state index contributed by atoms with van der Waals surface area (Å²) in [5.41, 5.74) is 6.60. The van der Waals surface area contributed by atoms with Gasteiger partial charge in [-0.25, -0.2) is 13.6 Å². The van der Waals surface area contributed by atoms with Gasteiger partial charge in [0.05, 0.1) is 12.5 Å². The van der Waals surface area contributed by atoms with Crippen LogP contribution < -0.4 is 21.3 Å². The van der Waals surface area contributed by atoms with Gasteiger partial charge >= 0.3 is 6.03 Å². The number of benzene rings is 2. The van der Waals surface area contributed by atoms with E-state index in [2.05, 4.69) is 10.6 Å². The number of primary amides is 1. The number of hydrogen-bond donors (Lipinski definition) is 3. The van der Waals surface area contributed by atoms with Gasteiger partial charge in [-0.1, -0.05) is 24.3 Å². The lowest BCUT2D eigenvalue weighted by Gasteiger charge is -2.20. The van der Waals surface area contributed by atoms with Gasteiger partial charge in [0.2, 0.25) is 5.91 Å². The molecule has 0 aromatic heterocycles. The first kappa shape index (κ1) is 20.2. The average Bonchev–Trinajstić information content (AvgIpc) is 2.53. The number of halogens is 2. The fourth-order valence-corrected chi connectivity index (χ4v) is 2.85. The van der Waals surface area contributed by atoms with Gasteiger partial charge in [-0.2, -0.15) is 0 Å². The number of aryl methyl sites for hydroxylation is 1. The Bertz CT molecular complexity index is 832. The molecule has 144 valence electrons. The molecule has 4 N–H and O–H groups in total. The number of anilines is 2. The van der Waals surface area contributed by atoms with E-state index in [1.54, 1.807) is 12.1 Å². The van der Waals surface area contributed by atoms with Crippen LogP contribution in [0.4, 0.5) is 25.0 Å². The highest BCUT2D eigenvalue weighted by Crippen LogP contribution is 2.26. The van der Waals surface area contributed by atoms with Gasteiger partial charge in [0.25, 0.3) is 0 Å². The highest BCUT2D eigenvalue weighted by Gasteiger charge is 2.20. The molecule has 0 aliphatic carbocycles. The molecule has 2 aromatic rings. The lowest BCUT2D eigenvalue weighted by molar-refractivity contribution is -0.116. The summed E-state index contributed by atoms with van der Waals surface area (Å²) in [6, 6.07) is 7.87. The number of nitrogens with two attached hydrogens (primary N) is 1. The summed E-state index contributed by atoms with van der Waals surface area (Å²) in [7, 11) is 3.03. The Kier molecular flexibility index (Phi) is 6.33. The minimum atomic E-state index is -0.791. The molecular formula is C19H22F2N4O2. The summed E-state index contributed by atoms with van der Waals surface area (Å²) < 4.78 is 28.1. The average molecular weight is 376 g/mol.